The molecule has 0 atom stereocenters. The molecule has 0 spiro atoms. The SMILES string of the molecule is O=C(O)CNC(=O)CNC(=O)CC1=CSC2=NCCN12. The van der Waals surface area contributed by atoms with E-state index in [1.165, 1.54) is 11.8 Å². The normalized spacial score (nSPS) is 16.3. The van der Waals surface area contributed by atoms with Gasteiger partial charge >= 0.3 is 5.97 Å². The van der Waals surface area contributed by atoms with E-state index in [9.17, 15) is 14.4 Å². The smallest absolute Gasteiger partial charge is 0.322 e. The van der Waals surface area contributed by atoms with E-state index in [-0.39, 0.29) is 18.9 Å². The first kappa shape index (κ1) is 14.4. The van der Waals surface area contributed by atoms with Crippen molar-refractivity contribution in [1.82, 2.24) is 15.5 Å². The number of amidine groups is 1. The van der Waals surface area contributed by atoms with Crippen LogP contribution in [0.25, 0.3) is 0 Å². The number of hydrogen-bond acceptors (Lipinski definition) is 6. The molecular weight excluding hydrogens is 284 g/mol. The molecule has 0 saturated carbocycles. The molecule has 2 aliphatic rings. The Balaban J connectivity index is 1.70. The number of fused-ring (bicyclic) bond motifs is 1. The molecule has 0 bridgehead atoms. The van der Waals surface area contributed by atoms with Crippen LogP contribution in [0.1, 0.15) is 6.42 Å². The molecule has 0 fully saturated rings. The Morgan fingerprint density at radius 1 is 1.30 bits per heavy atom. The Bertz CT molecular complexity index is 503. The summed E-state index contributed by atoms with van der Waals surface area (Å²) < 4.78 is 0. The molecule has 0 saturated heterocycles. The van der Waals surface area contributed by atoms with Crippen LogP contribution in [-0.4, -0.2) is 59.1 Å². The molecule has 2 aliphatic heterocycles. The Hall–Kier alpha value is -2.03. The summed E-state index contributed by atoms with van der Waals surface area (Å²) in [5, 5.41) is 15.8. The molecule has 9 heteroatoms. The number of nitrogens with zero attached hydrogens (tertiary/aromatic N) is 2. The van der Waals surface area contributed by atoms with Crippen molar-refractivity contribution in [3.05, 3.63) is 11.1 Å². The zero-order valence-corrected chi connectivity index (χ0v) is 11.4. The van der Waals surface area contributed by atoms with E-state index in [4.69, 9.17) is 5.11 Å². The van der Waals surface area contributed by atoms with E-state index < -0.39 is 18.4 Å². The van der Waals surface area contributed by atoms with Gasteiger partial charge in [-0.15, -0.1) is 0 Å². The standard InChI is InChI=1S/C11H14N4O4S/c16-8(13-4-9(17)14-5-10(18)19)3-7-6-20-11-12-1-2-15(7)11/h6H,1-5H2,(H,13,16)(H,14,17)(H,18,19). The zero-order valence-electron chi connectivity index (χ0n) is 10.6. The second kappa shape index (κ2) is 6.42. The molecule has 0 aliphatic carbocycles. The average Bonchev–Trinajstić information content (AvgIpc) is 2.99. The van der Waals surface area contributed by atoms with Crippen molar-refractivity contribution in [3.63, 3.8) is 0 Å². The zero-order chi connectivity index (χ0) is 14.5. The van der Waals surface area contributed by atoms with Crippen molar-refractivity contribution in [3.8, 4) is 0 Å². The van der Waals surface area contributed by atoms with E-state index >= 15 is 0 Å². The summed E-state index contributed by atoms with van der Waals surface area (Å²) in [7, 11) is 0. The summed E-state index contributed by atoms with van der Waals surface area (Å²) in [6.07, 6.45) is 0.179. The van der Waals surface area contributed by atoms with Crippen molar-refractivity contribution in [1.29, 1.82) is 0 Å². The third-order valence-electron chi connectivity index (χ3n) is 2.67. The van der Waals surface area contributed by atoms with Gasteiger partial charge in [-0.3, -0.25) is 19.4 Å². The molecule has 2 rings (SSSR count). The number of amides is 2. The maximum absolute atomic E-state index is 11.7. The molecule has 3 N–H and O–H groups in total. The Labute approximate surface area is 119 Å². The van der Waals surface area contributed by atoms with Gasteiger partial charge in [0, 0.05) is 12.2 Å². The van der Waals surface area contributed by atoms with E-state index in [1.807, 2.05) is 10.3 Å². The van der Waals surface area contributed by atoms with Crippen LogP contribution in [0, 0.1) is 0 Å². The summed E-state index contributed by atoms with van der Waals surface area (Å²) in [4.78, 5) is 39.4. The van der Waals surface area contributed by atoms with Crippen LogP contribution in [0.3, 0.4) is 0 Å². The molecule has 0 aromatic heterocycles. The molecule has 108 valence electrons. The first-order chi connectivity index (χ1) is 9.56. The highest BCUT2D eigenvalue weighted by atomic mass is 32.2. The highest BCUT2D eigenvalue weighted by molar-refractivity contribution is 8.16. The lowest BCUT2D eigenvalue weighted by molar-refractivity contribution is -0.137. The summed E-state index contributed by atoms with van der Waals surface area (Å²) >= 11 is 1.49. The van der Waals surface area contributed by atoms with E-state index in [2.05, 4.69) is 15.6 Å². The third-order valence-corrected chi connectivity index (χ3v) is 3.62. The van der Waals surface area contributed by atoms with Crippen molar-refractivity contribution in [2.24, 2.45) is 4.99 Å². The fourth-order valence-electron chi connectivity index (χ4n) is 1.76. The Morgan fingerprint density at radius 3 is 2.80 bits per heavy atom. The van der Waals surface area contributed by atoms with E-state index in [0.29, 0.717) is 0 Å². The fraction of sp³-hybridized carbons (Fsp3) is 0.455. The number of carboxylic acids is 1. The lowest BCUT2D eigenvalue weighted by Crippen LogP contribution is -2.39. The van der Waals surface area contributed by atoms with Crippen LogP contribution < -0.4 is 10.6 Å². The maximum atomic E-state index is 11.7. The van der Waals surface area contributed by atoms with Gasteiger partial charge in [0.15, 0.2) is 5.17 Å². The van der Waals surface area contributed by atoms with Crippen LogP contribution in [0.5, 0.6) is 0 Å². The van der Waals surface area contributed by atoms with Gasteiger partial charge in [-0.05, 0) is 5.41 Å². The van der Waals surface area contributed by atoms with Crippen molar-refractivity contribution in [2.45, 2.75) is 6.42 Å². The fourth-order valence-corrected chi connectivity index (χ4v) is 2.71. The van der Waals surface area contributed by atoms with Crippen LogP contribution in [0.2, 0.25) is 0 Å². The number of aliphatic carboxylic acids is 1. The molecule has 8 nitrogen and oxygen atoms in total. The molecule has 0 aromatic carbocycles. The lowest BCUT2D eigenvalue weighted by atomic mass is 10.3. The largest absolute Gasteiger partial charge is 0.480 e. The number of rotatable bonds is 6. The number of thioether (sulfide) groups is 1. The monoisotopic (exact) mass is 298 g/mol. The molecule has 0 aromatic rings. The molecular formula is C11H14N4O4S. The van der Waals surface area contributed by atoms with E-state index in [0.717, 1.165) is 24.0 Å². The van der Waals surface area contributed by atoms with Gasteiger partial charge in [-0.25, -0.2) is 0 Å². The third kappa shape index (κ3) is 3.73. The second-order valence-corrected chi connectivity index (χ2v) is 5.00. The second-order valence-electron chi connectivity index (χ2n) is 4.17. The van der Waals surface area contributed by atoms with Gasteiger partial charge in [0.05, 0.1) is 19.5 Å². The van der Waals surface area contributed by atoms with Gasteiger partial charge in [0.25, 0.3) is 0 Å². The summed E-state index contributed by atoms with van der Waals surface area (Å²) in [5.41, 5.74) is 0.870. The number of hydrogen-bond donors (Lipinski definition) is 3. The minimum absolute atomic E-state index is 0.179. The van der Waals surface area contributed by atoms with Crippen LogP contribution >= 0.6 is 11.8 Å². The molecule has 0 unspecified atom stereocenters. The van der Waals surface area contributed by atoms with Crippen molar-refractivity contribution in [2.75, 3.05) is 26.2 Å². The molecule has 2 heterocycles. The summed E-state index contributed by atoms with van der Waals surface area (Å²) in [5.74, 6) is -1.94. The van der Waals surface area contributed by atoms with Gasteiger partial charge in [0.2, 0.25) is 11.8 Å². The highest BCUT2D eigenvalue weighted by Gasteiger charge is 2.27. The maximum Gasteiger partial charge on any atom is 0.322 e. The molecule has 0 radical (unpaired) electrons. The summed E-state index contributed by atoms with van der Waals surface area (Å²) in [6, 6.07) is 0. The first-order valence-electron chi connectivity index (χ1n) is 5.99. The van der Waals surface area contributed by atoms with Crippen LogP contribution in [-0.2, 0) is 14.4 Å². The van der Waals surface area contributed by atoms with Crippen molar-refractivity contribution >= 4 is 34.7 Å². The predicted octanol–water partition coefficient (Wildman–Crippen LogP) is -1.05. The number of aliphatic imine (C=N–C) groups is 1. The predicted molar refractivity (Wildman–Crippen MR) is 73.0 cm³/mol. The number of carbonyl (C=O) groups is 3. The number of carbonyl (C=O) groups excluding carboxylic acids is 2. The van der Waals surface area contributed by atoms with Crippen LogP contribution in [0.15, 0.2) is 16.1 Å². The summed E-state index contributed by atoms with van der Waals surface area (Å²) in [6.45, 7) is 0.830. The average molecular weight is 298 g/mol. The minimum atomic E-state index is -1.13. The van der Waals surface area contributed by atoms with Gasteiger partial charge in [-0.2, -0.15) is 0 Å². The number of carboxylic acid groups (broad SMARTS) is 1. The topological polar surface area (TPSA) is 111 Å². The van der Waals surface area contributed by atoms with E-state index in [1.54, 1.807) is 0 Å². The number of nitrogens with one attached hydrogen (secondary N) is 2. The minimum Gasteiger partial charge on any atom is -0.480 e. The van der Waals surface area contributed by atoms with Crippen molar-refractivity contribution < 1.29 is 19.5 Å². The Kier molecular flexibility index (Phi) is 4.61. The lowest BCUT2D eigenvalue weighted by Gasteiger charge is -2.15. The Morgan fingerprint density at radius 2 is 2.05 bits per heavy atom. The quantitative estimate of drug-likeness (QED) is 0.577. The van der Waals surface area contributed by atoms with Gasteiger partial charge in [0.1, 0.15) is 6.54 Å². The van der Waals surface area contributed by atoms with Gasteiger partial charge in [-0.1, -0.05) is 11.8 Å². The van der Waals surface area contributed by atoms with Crippen LogP contribution in [0.4, 0.5) is 0 Å². The van der Waals surface area contributed by atoms with Gasteiger partial charge < -0.3 is 20.6 Å². The molecule has 2 amide bonds. The first-order valence-corrected chi connectivity index (χ1v) is 6.87. The highest BCUT2D eigenvalue weighted by Crippen LogP contribution is 2.30. The molecule has 20 heavy (non-hydrogen) atoms.